The second kappa shape index (κ2) is 8.53. The predicted molar refractivity (Wildman–Crippen MR) is 89.5 cm³/mol. The number of hydrogen-bond donors (Lipinski definition) is 3. The van der Waals surface area contributed by atoms with E-state index in [9.17, 15) is 9.59 Å². The van der Waals surface area contributed by atoms with Crippen molar-refractivity contribution in [2.75, 3.05) is 26.2 Å². The van der Waals surface area contributed by atoms with Crippen molar-refractivity contribution in [1.29, 1.82) is 0 Å². The summed E-state index contributed by atoms with van der Waals surface area (Å²) in [5.41, 5.74) is 2.28. The molecule has 1 saturated carbocycles. The number of alkyl carbamates (subject to hydrolysis) is 1. The van der Waals surface area contributed by atoms with E-state index in [-0.39, 0.29) is 24.3 Å². The molecule has 1 saturated heterocycles. The van der Waals surface area contributed by atoms with Crippen molar-refractivity contribution >= 4 is 12.2 Å². The lowest BCUT2D eigenvalue weighted by molar-refractivity contribution is 0.0358. The van der Waals surface area contributed by atoms with Crippen molar-refractivity contribution in [2.24, 2.45) is 0 Å². The third-order valence-corrected chi connectivity index (χ3v) is 4.04. The Morgan fingerprint density at radius 2 is 1.67 bits per heavy atom. The van der Waals surface area contributed by atoms with Crippen LogP contribution in [-0.2, 0) is 9.47 Å². The van der Waals surface area contributed by atoms with Gasteiger partial charge in [-0.25, -0.2) is 14.6 Å². The van der Waals surface area contributed by atoms with Crippen molar-refractivity contribution in [2.45, 2.75) is 64.2 Å². The number of hydrazine groups is 1. The maximum absolute atomic E-state index is 11.9. The molecule has 0 atom stereocenters. The lowest BCUT2D eigenvalue weighted by Gasteiger charge is -2.31. The van der Waals surface area contributed by atoms with E-state index in [1.54, 1.807) is 0 Å². The van der Waals surface area contributed by atoms with E-state index in [0.717, 1.165) is 51.9 Å². The van der Waals surface area contributed by atoms with Crippen molar-refractivity contribution in [3.63, 3.8) is 0 Å². The van der Waals surface area contributed by atoms with Crippen LogP contribution in [0, 0.1) is 0 Å². The van der Waals surface area contributed by atoms with Crippen molar-refractivity contribution in [1.82, 2.24) is 21.1 Å². The average Bonchev–Trinajstić information content (AvgIpc) is 2.48. The summed E-state index contributed by atoms with van der Waals surface area (Å²) in [7, 11) is 0. The van der Waals surface area contributed by atoms with Gasteiger partial charge in [0.1, 0.15) is 11.7 Å². The zero-order valence-electron chi connectivity index (χ0n) is 14.9. The predicted octanol–water partition coefficient (Wildman–Crippen LogP) is 1.37. The summed E-state index contributed by atoms with van der Waals surface area (Å²) in [6.07, 6.45) is 2.19. The fraction of sp³-hybridized carbons (Fsp3) is 0.875. The van der Waals surface area contributed by atoms with E-state index >= 15 is 0 Å². The molecule has 2 amide bonds. The maximum Gasteiger partial charge on any atom is 0.422 e. The van der Waals surface area contributed by atoms with Crippen LogP contribution in [-0.4, -0.2) is 61.1 Å². The zero-order valence-corrected chi connectivity index (χ0v) is 14.9. The van der Waals surface area contributed by atoms with Gasteiger partial charge in [-0.05, 0) is 46.5 Å². The first kappa shape index (κ1) is 18.8. The largest absolute Gasteiger partial charge is 0.445 e. The van der Waals surface area contributed by atoms with Crippen LogP contribution in [0.1, 0.15) is 46.5 Å². The number of rotatable bonds is 3. The molecule has 0 bridgehead atoms. The van der Waals surface area contributed by atoms with Gasteiger partial charge in [-0.15, -0.1) is 0 Å². The van der Waals surface area contributed by atoms with Crippen LogP contribution in [0.3, 0.4) is 0 Å². The van der Waals surface area contributed by atoms with E-state index in [2.05, 4.69) is 16.1 Å². The van der Waals surface area contributed by atoms with E-state index in [4.69, 9.17) is 9.47 Å². The molecule has 1 aliphatic heterocycles. The number of amides is 2. The van der Waals surface area contributed by atoms with E-state index in [0.29, 0.717) is 0 Å². The van der Waals surface area contributed by atoms with Crippen LogP contribution in [0.15, 0.2) is 0 Å². The van der Waals surface area contributed by atoms with E-state index < -0.39 is 5.60 Å². The molecule has 138 valence electrons. The van der Waals surface area contributed by atoms with Crippen LogP contribution in [0.5, 0.6) is 0 Å². The van der Waals surface area contributed by atoms with Gasteiger partial charge < -0.3 is 20.1 Å². The fourth-order valence-electron chi connectivity index (χ4n) is 2.88. The molecule has 0 spiro atoms. The van der Waals surface area contributed by atoms with Crippen LogP contribution in [0.4, 0.5) is 9.59 Å². The smallest absolute Gasteiger partial charge is 0.422 e. The number of hydrogen-bond acceptors (Lipinski definition) is 6. The van der Waals surface area contributed by atoms with Crippen LogP contribution in [0.2, 0.25) is 0 Å². The Labute approximate surface area is 143 Å². The average molecular weight is 342 g/mol. The molecule has 0 aromatic rings. The summed E-state index contributed by atoms with van der Waals surface area (Å²) in [5, 5.41) is 7.98. The molecule has 2 aliphatic rings. The molecule has 8 heteroatoms. The molecule has 0 aromatic carbocycles. The first-order valence-electron chi connectivity index (χ1n) is 8.74. The molecule has 2 rings (SSSR count). The second-order valence-electron chi connectivity index (χ2n) is 7.37. The third-order valence-electron chi connectivity index (χ3n) is 4.04. The van der Waals surface area contributed by atoms with Gasteiger partial charge in [-0.2, -0.15) is 0 Å². The molecule has 2 fully saturated rings. The number of carbonyl (C=O) groups is 2. The van der Waals surface area contributed by atoms with E-state index in [1.165, 1.54) is 0 Å². The molecule has 3 N–H and O–H groups in total. The van der Waals surface area contributed by atoms with Crippen molar-refractivity contribution in [3.8, 4) is 0 Å². The molecular formula is C16H30N4O4. The summed E-state index contributed by atoms with van der Waals surface area (Å²) in [6.45, 7) is 8.81. The minimum absolute atomic E-state index is 0.0796. The third kappa shape index (κ3) is 6.92. The maximum atomic E-state index is 11.9. The number of carbonyl (C=O) groups excluding carboxylic acids is 2. The normalized spacial score (nSPS) is 25.6. The Morgan fingerprint density at radius 3 is 2.25 bits per heavy atom. The Morgan fingerprint density at radius 1 is 1.04 bits per heavy atom. The van der Waals surface area contributed by atoms with Crippen molar-refractivity contribution in [3.05, 3.63) is 0 Å². The molecule has 0 aromatic heterocycles. The molecule has 1 heterocycles. The summed E-state index contributed by atoms with van der Waals surface area (Å²) in [4.78, 5) is 23.7. The Bertz CT molecular complexity index is 424. The molecule has 1 aliphatic carbocycles. The summed E-state index contributed by atoms with van der Waals surface area (Å²) < 4.78 is 10.7. The molecule has 8 nitrogen and oxygen atoms in total. The van der Waals surface area contributed by atoms with Gasteiger partial charge in [0, 0.05) is 32.2 Å². The monoisotopic (exact) mass is 342 g/mol. The van der Waals surface area contributed by atoms with Gasteiger partial charge in [-0.1, -0.05) is 0 Å². The minimum atomic E-state index is -0.494. The summed E-state index contributed by atoms with van der Waals surface area (Å²) >= 11 is 0. The topological polar surface area (TPSA) is 91.9 Å². The highest BCUT2D eigenvalue weighted by Gasteiger charge is 2.27. The van der Waals surface area contributed by atoms with Gasteiger partial charge >= 0.3 is 12.2 Å². The number of nitrogens with zero attached hydrogens (tertiary/aromatic N) is 1. The Kier molecular flexibility index (Phi) is 6.68. The Hall–Kier alpha value is -1.54. The first-order valence-corrected chi connectivity index (χ1v) is 8.74. The Balaban J connectivity index is 1.63. The SMILES string of the molecule is CC(C)(C)OC(=O)NC1CCC(OC(=O)NN2CCNCC2)CC1. The highest BCUT2D eigenvalue weighted by atomic mass is 16.6. The second-order valence-corrected chi connectivity index (χ2v) is 7.37. The van der Waals surface area contributed by atoms with Crippen LogP contribution in [0.25, 0.3) is 0 Å². The summed E-state index contributed by atoms with van der Waals surface area (Å²) in [6, 6.07) is 0.0796. The quantitative estimate of drug-likeness (QED) is 0.717. The van der Waals surface area contributed by atoms with Gasteiger partial charge in [0.05, 0.1) is 0 Å². The zero-order chi connectivity index (χ0) is 17.6. The van der Waals surface area contributed by atoms with Crippen LogP contribution >= 0.6 is 0 Å². The number of ether oxygens (including phenoxy) is 2. The molecular weight excluding hydrogens is 312 g/mol. The van der Waals surface area contributed by atoms with Gasteiger partial charge in [0.2, 0.25) is 0 Å². The standard InChI is InChI=1S/C16H30N4O4/c1-16(2,3)24-14(21)18-12-4-6-13(7-5-12)23-15(22)19-20-10-8-17-9-11-20/h12-13,17H,4-11H2,1-3H3,(H,18,21)(H,19,22). The van der Waals surface area contributed by atoms with Gasteiger partial charge in [0.15, 0.2) is 0 Å². The number of piperazine rings is 1. The van der Waals surface area contributed by atoms with Gasteiger partial charge in [-0.3, -0.25) is 5.43 Å². The van der Waals surface area contributed by atoms with Crippen LogP contribution < -0.4 is 16.1 Å². The summed E-state index contributed by atoms with van der Waals surface area (Å²) in [5.74, 6) is 0. The van der Waals surface area contributed by atoms with Gasteiger partial charge in [0.25, 0.3) is 0 Å². The molecule has 24 heavy (non-hydrogen) atoms. The first-order chi connectivity index (χ1) is 11.3. The molecule has 0 unspecified atom stereocenters. The number of nitrogens with one attached hydrogen (secondary N) is 3. The minimum Gasteiger partial charge on any atom is -0.445 e. The highest BCUT2D eigenvalue weighted by Crippen LogP contribution is 2.22. The van der Waals surface area contributed by atoms with Crippen molar-refractivity contribution < 1.29 is 19.1 Å². The van der Waals surface area contributed by atoms with E-state index in [1.807, 2.05) is 25.8 Å². The fourth-order valence-corrected chi connectivity index (χ4v) is 2.88. The lowest BCUT2D eigenvalue weighted by atomic mass is 9.93. The lowest BCUT2D eigenvalue weighted by Crippen LogP contribution is -2.52. The molecule has 0 radical (unpaired) electrons. The highest BCUT2D eigenvalue weighted by molar-refractivity contribution is 5.68.